The zero-order valence-corrected chi connectivity index (χ0v) is 14.6. The molecule has 1 aliphatic heterocycles. The van der Waals surface area contributed by atoms with E-state index in [9.17, 15) is 9.59 Å². The molecule has 24 heavy (non-hydrogen) atoms. The van der Waals surface area contributed by atoms with Gasteiger partial charge >= 0.3 is 11.9 Å². The van der Waals surface area contributed by atoms with Gasteiger partial charge in [0.1, 0.15) is 5.76 Å². The number of esters is 2. The molecule has 6 heteroatoms. The van der Waals surface area contributed by atoms with Gasteiger partial charge in [-0.05, 0) is 44.5 Å². The van der Waals surface area contributed by atoms with Gasteiger partial charge in [0, 0.05) is 10.9 Å². The zero-order chi connectivity index (χ0) is 17.7. The highest BCUT2D eigenvalue weighted by molar-refractivity contribution is 6.30. The largest absolute Gasteiger partial charge is 0.463 e. The number of carbonyl (C=O) groups is 2. The first-order chi connectivity index (χ1) is 11.5. The van der Waals surface area contributed by atoms with Crippen LogP contribution in [-0.2, 0) is 23.8 Å². The van der Waals surface area contributed by atoms with Crippen molar-refractivity contribution in [2.24, 2.45) is 0 Å². The van der Waals surface area contributed by atoms with E-state index in [1.807, 2.05) is 0 Å². The fourth-order valence-corrected chi connectivity index (χ4v) is 2.56. The minimum absolute atomic E-state index is 0.0577. The molecular weight excluding hydrogens is 332 g/mol. The van der Waals surface area contributed by atoms with Crippen LogP contribution in [0, 0.1) is 0 Å². The molecule has 0 bridgehead atoms. The highest BCUT2D eigenvalue weighted by Gasteiger charge is 2.32. The fourth-order valence-electron chi connectivity index (χ4n) is 2.43. The molecule has 0 spiro atoms. The van der Waals surface area contributed by atoms with Crippen LogP contribution in [-0.4, -0.2) is 25.2 Å². The summed E-state index contributed by atoms with van der Waals surface area (Å²) >= 11 is 5.93. The van der Waals surface area contributed by atoms with E-state index in [1.54, 1.807) is 51.1 Å². The monoisotopic (exact) mass is 350 g/mol. The Morgan fingerprint density at radius 3 is 2.25 bits per heavy atom. The third kappa shape index (κ3) is 3.97. The highest BCUT2D eigenvalue weighted by atomic mass is 35.5. The summed E-state index contributed by atoms with van der Waals surface area (Å²) in [5.41, 5.74) is 1.15. The molecule has 1 unspecified atom stereocenters. The van der Waals surface area contributed by atoms with Crippen molar-refractivity contribution in [3.63, 3.8) is 0 Å². The maximum atomic E-state index is 12.3. The molecule has 1 heterocycles. The Hall–Kier alpha value is -2.27. The van der Waals surface area contributed by atoms with Gasteiger partial charge in [0.25, 0.3) is 0 Å². The molecule has 0 amide bonds. The van der Waals surface area contributed by atoms with Gasteiger partial charge in [-0.25, -0.2) is 9.59 Å². The van der Waals surface area contributed by atoms with Crippen LogP contribution < -0.4 is 0 Å². The molecule has 1 aromatic carbocycles. The maximum absolute atomic E-state index is 12.3. The van der Waals surface area contributed by atoms with E-state index < -0.39 is 17.9 Å². The molecule has 0 aromatic heterocycles. The van der Waals surface area contributed by atoms with Crippen molar-refractivity contribution in [1.29, 1.82) is 0 Å². The summed E-state index contributed by atoms with van der Waals surface area (Å²) in [6.07, 6.45) is 1.57. The lowest BCUT2D eigenvalue weighted by Gasteiger charge is -2.25. The molecule has 0 N–H and O–H groups in total. The van der Waals surface area contributed by atoms with Crippen molar-refractivity contribution >= 4 is 23.5 Å². The van der Waals surface area contributed by atoms with E-state index in [2.05, 4.69) is 0 Å². The lowest BCUT2D eigenvalue weighted by atomic mass is 9.88. The van der Waals surface area contributed by atoms with Crippen molar-refractivity contribution in [2.45, 2.75) is 26.7 Å². The summed E-state index contributed by atoms with van der Waals surface area (Å²) in [6.45, 7) is 5.55. The third-order valence-electron chi connectivity index (χ3n) is 3.47. The van der Waals surface area contributed by atoms with Gasteiger partial charge in [0.15, 0.2) is 0 Å². The number of hydrogen-bond acceptors (Lipinski definition) is 5. The molecule has 0 saturated heterocycles. The minimum atomic E-state index is -0.571. The van der Waals surface area contributed by atoms with Gasteiger partial charge in [0.2, 0.25) is 5.76 Å². The van der Waals surface area contributed by atoms with Crippen LogP contribution in [0.3, 0.4) is 0 Å². The van der Waals surface area contributed by atoms with Gasteiger partial charge in [-0.3, -0.25) is 0 Å². The predicted octanol–water partition coefficient (Wildman–Crippen LogP) is 3.74. The van der Waals surface area contributed by atoms with Crippen LogP contribution in [0.25, 0.3) is 0 Å². The van der Waals surface area contributed by atoms with E-state index in [1.165, 1.54) is 0 Å². The molecule has 2 rings (SSSR count). The molecule has 1 aromatic rings. The number of allylic oxidation sites excluding steroid dienone is 2. The van der Waals surface area contributed by atoms with E-state index in [0.717, 1.165) is 5.56 Å². The Bertz CT molecular complexity index is 688. The smallest absolute Gasteiger partial charge is 0.373 e. The normalized spacial score (nSPS) is 17.0. The number of hydrogen-bond donors (Lipinski definition) is 0. The molecule has 5 nitrogen and oxygen atoms in total. The van der Waals surface area contributed by atoms with E-state index in [-0.39, 0.29) is 19.0 Å². The third-order valence-corrected chi connectivity index (χ3v) is 3.72. The van der Waals surface area contributed by atoms with Crippen molar-refractivity contribution in [2.75, 3.05) is 13.2 Å². The van der Waals surface area contributed by atoms with Crippen molar-refractivity contribution < 1.29 is 23.8 Å². The van der Waals surface area contributed by atoms with E-state index in [4.69, 9.17) is 25.8 Å². The second-order valence-electron chi connectivity index (χ2n) is 5.07. The summed E-state index contributed by atoms with van der Waals surface area (Å²) in [6, 6.07) is 7.04. The fraction of sp³-hybridized carbons (Fsp3) is 0.333. The average molecular weight is 351 g/mol. The first-order valence-electron chi connectivity index (χ1n) is 7.68. The zero-order valence-electron chi connectivity index (χ0n) is 13.8. The van der Waals surface area contributed by atoms with Gasteiger partial charge in [0.05, 0.1) is 18.8 Å². The quantitative estimate of drug-likeness (QED) is 0.757. The van der Waals surface area contributed by atoms with Gasteiger partial charge in [-0.15, -0.1) is 0 Å². The topological polar surface area (TPSA) is 61.8 Å². The molecule has 128 valence electrons. The predicted molar refractivity (Wildman–Crippen MR) is 89.3 cm³/mol. The van der Waals surface area contributed by atoms with E-state index >= 15 is 0 Å². The Morgan fingerprint density at radius 1 is 1.08 bits per heavy atom. The van der Waals surface area contributed by atoms with Crippen molar-refractivity contribution in [1.82, 2.24) is 0 Å². The highest BCUT2D eigenvalue weighted by Crippen LogP contribution is 2.36. The van der Waals surface area contributed by atoms with Crippen LogP contribution in [0.15, 0.2) is 47.4 Å². The Morgan fingerprint density at radius 2 is 1.67 bits per heavy atom. The Balaban J connectivity index is 2.46. The number of rotatable bonds is 5. The summed E-state index contributed by atoms with van der Waals surface area (Å²) in [5.74, 6) is -1.15. The molecule has 0 aliphatic carbocycles. The number of ether oxygens (including phenoxy) is 3. The summed E-state index contributed by atoms with van der Waals surface area (Å²) in [4.78, 5) is 24.3. The number of benzene rings is 1. The molecule has 0 saturated carbocycles. The molecule has 0 radical (unpaired) electrons. The second-order valence-corrected chi connectivity index (χ2v) is 5.51. The van der Waals surface area contributed by atoms with Crippen LogP contribution >= 0.6 is 11.6 Å². The molecule has 0 fully saturated rings. The molecular formula is C18H19ClO5. The van der Waals surface area contributed by atoms with Crippen LogP contribution in [0.1, 0.15) is 32.3 Å². The Labute approximate surface area is 145 Å². The first kappa shape index (κ1) is 18.1. The maximum Gasteiger partial charge on any atom is 0.373 e. The molecule has 1 aliphatic rings. The summed E-state index contributed by atoms with van der Waals surface area (Å²) < 4.78 is 15.6. The lowest BCUT2D eigenvalue weighted by Crippen LogP contribution is -2.23. The second kappa shape index (κ2) is 8.02. The van der Waals surface area contributed by atoms with Crippen LogP contribution in [0.2, 0.25) is 5.02 Å². The van der Waals surface area contributed by atoms with Gasteiger partial charge in [-0.1, -0.05) is 23.7 Å². The van der Waals surface area contributed by atoms with Crippen LogP contribution in [0.5, 0.6) is 0 Å². The van der Waals surface area contributed by atoms with Crippen LogP contribution in [0.4, 0.5) is 0 Å². The van der Waals surface area contributed by atoms with Gasteiger partial charge < -0.3 is 14.2 Å². The van der Waals surface area contributed by atoms with Gasteiger partial charge in [-0.2, -0.15) is 0 Å². The first-order valence-corrected chi connectivity index (χ1v) is 8.05. The van der Waals surface area contributed by atoms with Crippen molar-refractivity contribution in [3.8, 4) is 0 Å². The number of halogens is 1. The SMILES string of the molecule is CCOC(=O)C1=CC(c2ccc(Cl)cc2)C(C(=O)OCC)=C(C)O1. The van der Waals surface area contributed by atoms with Crippen molar-refractivity contribution in [3.05, 3.63) is 58.0 Å². The number of carbonyl (C=O) groups excluding carboxylic acids is 2. The average Bonchev–Trinajstić information content (AvgIpc) is 2.55. The molecule has 1 atom stereocenters. The minimum Gasteiger partial charge on any atom is -0.463 e. The summed E-state index contributed by atoms with van der Waals surface area (Å²) in [7, 11) is 0. The van der Waals surface area contributed by atoms with E-state index in [0.29, 0.717) is 16.4 Å². The lowest BCUT2D eigenvalue weighted by molar-refractivity contribution is -0.143. The summed E-state index contributed by atoms with van der Waals surface area (Å²) in [5, 5.41) is 0.582. The Kier molecular flexibility index (Phi) is 6.04. The standard InChI is InChI=1S/C18H19ClO5/c1-4-22-17(20)15-10-14(12-6-8-13(19)9-7-12)16(11(3)24-15)18(21)23-5-2/h6-10,14H,4-5H2,1-3H3.